The molecule has 9 unspecified atom stereocenters. The molecule has 1 aliphatic rings. The summed E-state index contributed by atoms with van der Waals surface area (Å²) in [5, 5.41) is 76.2. The fourth-order valence-electron chi connectivity index (χ4n) is 10.6. The monoisotopic (exact) mass is 1030 g/mol. The lowest BCUT2D eigenvalue weighted by Gasteiger charge is -2.40. The Morgan fingerprint density at radius 3 is 1.03 bits per heavy atom. The highest BCUT2D eigenvalue weighted by molar-refractivity contribution is 5.80. The Hall–Kier alpha value is -0.890. The van der Waals surface area contributed by atoms with Crippen LogP contribution in [0.3, 0.4) is 0 Å². The maximum atomic E-state index is 13.2. The fourth-order valence-corrected chi connectivity index (χ4v) is 10.6. The van der Waals surface area contributed by atoms with E-state index in [9.17, 15) is 40.5 Å². The van der Waals surface area contributed by atoms with Gasteiger partial charge in [-0.3, -0.25) is 4.79 Å². The summed E-state index contributed by atoms with van der Waals surface area (Å²) in [6.07, 6.45) is 47.5. The van der Waals surface area contributed by atoms with Gasteiger partial charge in [0.05, 0.1) is 25.4 Å². The Balaban J connectivity index is 2.19. The average Bonchev–Trinajstić information content (AvgIpc) is 3.38. The van der Waals surface area contributed by atoms with E-state index in [1.807, 2.05) is 0 Å². The van der Waals surface area contributed by atoms with Crippen LogP contribution in [0.5, 0.6) is 0 Å². The number of unbranched alkanes of at least 4 members (excludes halogenated alkanes) is 43. The van der Waals surface area contributed by atoms with Crippen LogP contribution in [0, 0.1) is 0 Å². The molecule has 1 aliphatic heterocycles. The normalized spacial score (nSPS) is 19.9. The third-order valence-electron chi connectivity index (χ3n) is 15.7. The average molecular weight is 1030 g/mol. The van der Waals surface area contributed by atoms with Gasteiger partial charge in [-0.25, -0.2) is 0 Å². The Morgan fingerprint density at radius 2 is 0.722 bits per heavy atom. The zero-order valence-corrected chi connectivity index (χ0v) is 47.2. The minimum atomic E-state index is -1.66. The maximum absolute atomic E-state index is 13.2. The highest BCUT2D eigenvalue weighted by Crippen LogP contribution is 2.24. The summed E-state index contributed by atoms with van der Waals surface area (Å²) in [7, 11) is 0. The Kier molecular flexibility index (Phi) is 48.9. The minimum Gasteiger partial charge on any atom is -0.394 e. The fraction of sp³-hybridized carbons (Fsp3) is 0.984. The van der Waals surface area contributed by atoms with Crippen LogP contribution < -0.4 is 5.32 Å². The number of nitrogens with one attached hydrogen (secondary N) is 1. The molecule has 11 nitrogen and oxygen atoms in total. The van der Waals surface area contributed by atoms with E-state index in [0.29, 0.717) is 19.3 Å². The van der Waals surface area contributed by atoms with Crippen molar-refractivity contribution < 1.29 is 50.0 Å². The van der Waals surface area contributed by atoms with E-state index in [4.69, 9.17) is 9.47 Å². The first-order valence-electron chi connectivity index (χ1n) is 31.4. The number of rotatable bonds is 55. The molecule has 0 bridgehead atoms. The van der Waals surface area contributed by atoms with Crippen molar-refractivity contribution in [2.24, 2.45) is 0 Å². The highest BCUT2D eigenvalue weighted by atomic mass is 16.7. The first kappa shape index (κ1) is 69.1. The van der Waals surface area contributed by atoms with Crippen LogP contribution in [-0.4, -0.2) is 110 Å². The molecule has 0 aromatic heterocycles. The van der Waals surface area contributed by atoms with Crippen molar-refractivity contribution in [2.45, 2.75) is 371 Å². The van der Waals surface area contributed by atoms with Crippen molar-refractivity contribution >= 4 is 5.91 Å². The molecule has 1 saturated heterocycles. The van der Waals surface area contributed by atoms with Gasteiger partial charge >= 0.3 is 0 Å². The molecule has 1 amide bonds. The molecule has 0 saturated carbocycles. The Morgan fingerprint density at radius 1 is 0.431 bits per heavy atom. The van der Waals surface area contributed by atoms with E-state index in [2.05, 4.69) is 19.2 Å². The number of carbonyl (C=O) groups is 1. The van der Waals surface area contributed by atoms with Gasteiger partial charge in [-0.15, -0.1) is 0 Å². The van der Waals surface area contributed by atoms with E-state index >= 15 is 0 Å². The zero-order chi connectivity index (χ0) is 52.5. The molecule has 8 N–H and O–H groups in total. The van der Waals surface area contributed by atoms with Crippen molar-refractivity contribution in [3.63, 3.8) is 0 Å². The van der Waals surface area contributed by atoms with Crippen molar-refractivity contribution in [1.82, 2.24) is 5.32 Å². The number of amides is 1. The number of ether oxygens (including phenoxy) is 2. The number of aliphatic hydroxyl groups excluding tert-OH is 7. The smallest absolute Gasteiger partial charge is 0.249 e. The van der Waals surface area contributed by atoms with Gasteiger partial charge in [0.15, 0.2) is 6.29 Å². The molecule has 1 fully saturated rings. The van der Waals surface area contributed by atoms with E-state index in [-0.39, 0.29) is 6.42 Å². The van der Waals surface area contributed by atoms with E-state index in [0.717, 1.165) is 38.5 Å². The molecule has 0 aliphatic carbocycles. The quantitative estimate of drug-likeness (QED) is 0.0272. The van der Waals surface area contributed by atoms with Crippen molar-refractivity contribution in [3.8, 4) is 0 Å². The first-order valence-corrected chi connectivity index (χ1v) is 31.4. The van der Waals surface area contributed by atoms with Crippen LogP contribution in [-0.2, 0) is 14.3 Å². The second-order valence-corrected chi connectivity index (χ2v) is 22.5. The van der Waals surface area contributed by atoms with Crippen molar-refractivity contribution in [3.05, 3.63) is 0 Å². The molecule has 430 valence electrons. The summed E-state index contributed by atoms with van der Waals surface area (Å²) in [6.45, 7) is 3.50. The Labute approximate surface area is 443 Å². The van der Waals surface area contributed by atoms with Gasteiger partial charge in [0.2, 0.25) is 5.91 Å². The lowest BCUT2D eigenvalue weighted by Crippen LogP contribution is -2.60. The van der Waals surface area contributed by atoms with Crippen LogP contribution in [0.1, 0.15) is 316 Å². The molecule has 11 heteroatoms. The molecule has 1 heterocycles. The summed E-state index contributed by atoms with van der Waals surface area (Å²) in [5.74, 6) is -0.689. The molecule has 0 spiro atoms. The van der Waals surface area contributed by atoms with Crippen LogP contribution in [0.25, 0.3) is 0 Å². The second kappa shape index (κ2) is 50.9. The molecule has 0 radical (unpaired) electrons. The summed E-state index contributed by atoms with van der Waals surface area (Å²) in [6, 6.07) is -1.16. The van der Waals surface area contributed by atoms with E-state index in [1.54, 1.807) is 0 Å². The number of carbonyl (C=O) groups excluding carboxylic acids is 1. The molecule has 9 atom stereocenters. The largest absolute Gasteiger partial charge is 0.394 e. The first-order chi connectivity index (χ1) is 35.2. The van der Waals surface area contributed by atoms with Crippen LogP contribution >= 0.6 is 0 Å². The summed E-state index contributed by atoms with van der Waals surface area (Å²) < 4.78 is 11.2. The minimum absolute atomic E-state index is 0.267. The van der Waals surface area contributed by atoms with Crippen molar-refractivity contribution in [1.29, 1.82) is 0 Å². The third kappa shape index (κ3) is 38.6. The molecular weight excluding hydrogens is 907 g/mol. The van der Waals surface area contributed by atoms with Gasteiger partial charge in [0.1, 0.15) is 36.6 Å². The number of hydrogen-bond acceptors (Lipinski definition) is 10. The standard InChI is InChI=1S/C61H121NO10/c1-3-5-7-9-11-13-15-17-19-20-21-22-23-24-25-26-27-28-29-30-31-32-33-35-37-39-41-43-45-47-49-54(65)60(70)62-52(51-71-61-59(69)58(68)57(67)55(50-63)72-61)56(66)53(64)48-46-44-42-40-38-36-34-18-16-14-12-10-8-6-4-2/h52-59,61,63-69H,3-51H2,1-2H3,(H,62,70). The third-order valence-corrected chi connectivity index (χ3v) is 15.7. The summed E-state index contributed by atoms with van der Waals surface area (Å²) in [5.41, 5.74) is 0. The predicted octanol–water partition coefficient (Wildman–Crippen LogP) is 13.7. The van der Waals surface area contributed by atoms with Crippen LogP contribution in [0.2, 0.25) is 0 Å². The van der Waals surface area contributed by atoms with Crippen LogP contribution in [0.15, 0.2) is 0 Å². The molecular formula is C61H121NO10. The molecule has 72 heavy (non-hydrogen) atoms. The lowest BCUT2D eigenvalue weighted by molar-refractivity contribution is -0.303. The van der Waals surface area contributed by atoms with Gasteiger partial charge in [-0.05, 0) is 12.8 Å². The van der Waals surface area contributed by atoms with Gasteiger partial charge in [0.25, 0.3) is 0 Å². The lowest BCUT2D eigenvalue weighted by atomic mass is 9.98. The SMILES string of the molecule is CCCCCCCCCCCCCCCCCCCCCCCCCCCCCCCCC(O)C(=O)NC(COC1OC(CO)C(O)C(O)C1O)C(O)C(O)CCCCCCCCCCCCCCCCC. The van der Waals surface area contributed by atoms with Gasteiger partial charge in [-0.2, -0.15) is 0 Å². The second-order valence-electron chi connectivity index (χ2n) is 22.5. The Bertz CT molecular complexity index is 1130. The predicted molar refractivity (Wildman–Crippen MR) is 298 cm³/mol. The zero-order valence-electron chi connectivity index (χ0n) is 47.2. The van der Waals surface area contributed by atoms with Gasteiger partial charge < -0.3 is 50.5 Å². The van der Waals surface area contributed by atoms with Crippen molar-refractivity contribution in [2.75, 3.05) is 13.2 Å². The molecule has 1 rings (SSSR count). The van der Waals surface area contributed by atoms with E-state index < -0.39 is 74.2 Å². The van der Waals surface area contributed by atoms with Gasteiger partial charge in [0, 0.05) is 0 Å². The van der Waals surface area contributed by atoms with Crippen LogP contribution in [0.4, 0.5) is 0 Å². The van der Waals surface area contributed by atoms with Gasteiger partial charge in [-0.1, -0.05) is 303 Å². The molecule has 0 aromatic rings. The maximum Gasteiger partial charge on any atom is 0.249 e. The highest BCUT2D eigenvalue weighted by Gasteiger charge is 2.44. The number of aliphatic hydroxyl groups is 7. The summed E-state index contributed by atoms with van der Waals surface area (Å²) in [4.78, 5) is 13.2. The molecule has 0 aromatic carbocycles. The van der Waals surface area contributed by atoms with E-state index in [1.165, 1.54) is 238 Å². The summed E-state index contributed by atoms with van der Waals surface area (Å²) >= 11 is 0. The topological polar surface area (TPSA) is 189 Å². The number of hydrogen-bond donors (Lipinski definition) is 8.